The van der Waals surface area contributed by atoms with Gasteiger partial charge in [0.1, 0.15) is 42.7 Å². The predicted molar refractivity (Wildman–Crippen MR) is 309 cm³/mol. The minimum Gasteiger partial charge on any atom is -0.471 e. The van der Waals surface area contributed by atoms with Crippen molar-refractivity contribution in [2.75, 3.05) is 26.4 Å². The van der Waals surface area contributed by atoms with E-state index in [9.17, 15) is 20.4 Å². The van der Waals surface area contributed by atoms with E-state index >= 15 is 0 Å². The fraction of sp³-hybridized carbons (Fsp3) is 0.531. The first-order valence-corrected chi connectivity index (χ1v) is 28.5. The van der Waals surface area contributed by atoms with Crippen molar-refractivity contribution in [1.82, 2.24) is 0 Å². The fourth-order valence-corrected chi connectivity index (χ4v) is 9.17. The van der Waals surface area contributed by atoms with Crippen molar-refractivity contribution >= 4 is 11.4 Å². The van der Waals surface area contributed by atoms with Crippen LogP contribution in [0.3, 0.4) is 0 Å². The molecule has 0 radical (unpaired) electrons. The van der Waals surface area contributed by atoms with Gasteiger partial charge in [-0.25, -0.2) is 0 Å². The van der Waals surface area contributed by atoms with Gasteiger partial charge in [0, 0.05) is 24.3 Å². The zero-order valence-corrected chi connectivity index (χ0v) is 46.5. The Bertz CT molecular complexity index is 2100. The molecule has 4 aromatic carbocycles. The molecule has 77 heavy (non-hydrogen) atoms. The number of unbranched alkanes of at least 4 members (excludes halogenated alkanes) is 14. The van der Waals surface area contributed by atoms with Gasteiger partial charge in [-0.05, 0) is 37.8 Å². The van der Waals surface area contributed by atoms with Gasteiger partial charge in [-0.15, -0.1) is 0 Å². The van der Waals surface area contributed by atoms with E-state index in [-0.39, 0.29) is 13.2 Å². The molecule has 424 valence electrons. The van der Waals surface area contributed by atoms with Gasteiger partial charge in [-0.1, -0.05) is 237 Å². The van der Waals surface area contributed by atoms with Crippen LogP contribution in [0.15, 0.2) is 151 Å². The first kappa shape index (κ1) is 64.5. The molecule has 10 atom stereocenters. The molecule has 2 fully saturated rings. The van der Waals surface area contributed by atoms with Crippen LogP contribution in [0, 0.1) is 5.41 Å². The maximum Gasteiger partial charge on any atom is 0.224 e. The Balaban J connectivity index is 0.000000279. The van der Waals surface area contributed by atoms with Gasteiger partial charge in [0.2, 0.25) is 12.6 Å². The quantitative estimate of drug-likeness (QED) is 0.0159. The highest BCUT2D eigenvalue weighted by Crippen LogP contribution is 2.30. The number of nitrogens with zero attached hydrogens (tertiary/aromatic N) is 1. The maximum atomic E-state index is 11.2. The molecule has 0 saturated carbocycles. The monoisotopic (exact) mass is 1060 g/mol. The lowest BCUT2D eigenvalue weighted by Gasteiger charge is -2.42. The van der Waals surface area contributed by atoms with Crippen molar-refractivity contribution in [2.24, 2.45) is 10.7 Å². The summed E-state index contributed by atoms with van der Waals surface area (Å²) in [6.45, 7) is 8.54. The highest BCUT2D eigenvalue weighted by Gasteiger charge is 2.47. The van der Waals surface area contributed by atoms with Crippen LogP contribution < -0.4 is 5.73 Å². The van der Waals surface area contributed by atoms with Gasteiger partial charge >= 0.3 is 0 Å². The van der Waals surface area contributed by atoms with Crippen molar-refractivity contribution < 1.29 is 48.8 Å². The van der Waals surface area contributed by atoms with Gasteiger partial charge in [0.05, 0.1) is 43.2 Å². The molecule has 0 aromatic heterocycles. The van der Waals surface area contributed by atoms with Gasteiger partial charge in [0.15, 0.2) is 0 Å². The highest BCUT2D eigenvalue weighted by atomic mass is 16.7. The lowest BCUT2D eigenvalue weighted by molar-refractivity contribution is -0.258. The van der Waals surface area contributed by atoms with Crippen molar-refractivity contribution in [3.05, 3.63) is 168 Å². The number of aliphatic imine (C=N–C) groups is 1. The number of aliphatic hydroxyl groups excluding tert-OH is 4. The van der Waals surface area contributed by atoms with Gasteiger partial charge < -0.3 is 54.6 Å². The summed E-state index contributed by atoms with van der Waals surface area (Å²) in [5.74, 6) is 0. The largest absolute Gasteiger partial charge is 0.471 e. The number of benzene rings is 4. The maximum absolute atomic E-state index is 11.2. The van der Waals surface area contributed by atoms with E-state index in [1.54, 1.807) is 18.4 Å². The summed E-state index contributed by atoms with van der Waals surface area (Å²) >= 11 is 0. The van der Waals surface area contributed by atoms with Crippen molar-refractivity contribution in [3.8, 4) is 0 Å². The molecule has 3 unspecified atom stereocenters. The molecule has 0 spiro atoms. The average molecular weight is 1060 g/mol. The summed E-state index contributed by atoms with van der Waals surface area (Å²) in [6, 6.07) is 38.2. The molecule has 0 aliphatic carbocycles. The van der Waals surface area contributed by atoms with Crippen LogP contribution in [0.1, 0.15) is 153 Å². The Kier molecular flexibility index (Phi) is 32.9. The van der Waals surface area contributed by atoms with Crippen molar-refractivity contribution in [3.63, 3.8) is 0 Å². The normalized spacial score (nSPS) is 23.1. The zero-order chi connectivity index (χ0) is 55.3. The Hall–Kier alpha value is -5.06. The Labute approximate surface area is 461 Å². The molecule has 7 N–H and O–H groups in total. The fourth-order valence-electron chi connectivity index (χ4n) is 9.17. The van der Waals surface area contributed by atoms with Crippen LogP contribution in [0.25, 0.3) is 0 Å². The predicted octanol–water partition coefficient (Wildman–Crippen LogP) is 11.6. The second kappa shape index (κ2) is 39.3. The number of nitrogens with two attached hydrogens (primary N) is 1. The molecule has 2 aliphatic heterocycles. The summed E-state index contributed by atoms with van der Waals surface area (Å²) in [5.41, 5.74) is 11.3. The van der Waals surface area contributed by atoms with Crippen LogP contribution in [-0.2, 0) is 28.4 Å². The lowest BCUT2D eigenvalue weighted by Crippen LogP contribution is -2.63. The van der Waals surface area contributed by atoms with E-state index in [2.05, 4.69) is 13.8 Å². The summed E-state index contributed by atoms with van der Waals surface area (Å²) in [5, 5.41) is 48.8. The van der Waals surface area contributed by atoms with E-state index in [0.29, 0.717) is 18.9 Å². The second-order valence-electron chi connectivity index (χ2n) is 19.6. The zero-order valence-electron chi connectivity index (χ0n) is 46.5. The Morgan fingerprint density at radius 3 is 1.27 bits per heavy atom. The molecule has 13 heteroatoms. The standard InChI is InChI=1S/C32H45NO5.C19H37NO5.C13H11N/c1-3-5-6-7-8-9-10-17-23-36-31-29(32(37-22-4-2)38-27(24-34)30(31)35)33-28(25-18-13-11-14-19-25)26-20-15-12-16-21-26;1-3-5-6-7-8-9-10-11-13-23-18-16(20)19(24-12-4-2)25-15(14-21)17(18)22;14-13(11-7-3-1-4-8-11)12-9-5-2-6-10-12/h4,11-16,18-22,27,29-32,34-35H,3,5-10,17,23-24H2,1-2H3;4,12,15-19,21-22H,3,5-11,13-14,20H2,1-2H3;1-10,14H/b22-4-;12-4-;/t27-,29-,30?,31?,32+;15-,16-,17?,18-,19+;/m11./s1. The highest BCUT2D eigenvalue weighted by molar-refractivity contribution is 6.13. The first-order chi connectivity index (χ1) is 37.7. The van der Waals surface area contributed by atoms with E-state index in [4.69, 9.17) is 44.6 Å². The Morgan fingerprint density at radius 2 is 0.870 bits per heavy atom. The molecule has 13 nitrogen and oxygen atoms in total. The molecular weight excluding hydrogens is 971 g/mol. The molecule has 4 aromatic rings. The number of allylic oxidation sites excluding steroid dienone is 2. The molecule has 2 heterocycles. The first-order valence-electron chi connectivity index (χ1n) is 28.5. The SMILES string of the molecule is C/C=C\O[C@H]1O[C@H](CO)C(O)C(OCCCCCCCCCC)[C@H]1N=C(c1ccccc1)c1ccccc1.C/C=C\O[C@H]1O[C@H](CO)C(O)[C@H](OCCCCCCCCCC)[C@H]1N.N=C(c1ccccc1)c1ccccc1. The van der Waals surface area contributed by atoms with E-state index in [1.807, 2.05) is 135 Å². The number of hydrogen-bond acceptors (Lipinski definition) is 13. The minimum atomic E-state index is -1.04. The third-order valence-electron chi connectivity index (χ3n) is 13.5. The van der Waals surface area contributed by atoms with Gasteiger partial charge in [-0.3, -0.25) is 10.4 Å². The number of aliphatic hydroxyl groups is 4. The van der Waals surface area contributed by atoms with E-state index in [0.717, 1.165) is 53.6 Å². The number of rotatable bonds is 31. The number of ether oxygens (including phenoxy) is 6. The Morgan fingerprint density at radius 1 is 0.519 bits per heavy atom. The molecule has 2 aliphatic rings. The lowest BCUT2D eigenvalue weighted by atomic mass is 9.95. The third-order valence-corrected chi connectivity index (χ3v) is 13.5. The smallest absolute Gasteiger partial charge is 0.224 e. The average Bonchev–Trinajstić information content (AvgIpc) is 3.48. The second-order valence-corrected chi connectivity index (χ2v) is 19.6. The molecular formula is C64H93N3O10. The number of hydrogen-bond donors (Lipinski definition) is 6. The summed E-state index contributed by atoms with van der Waals surface area (Å²) < 4.78 is 35.0. The molecule has 0 amide bonds. The van der Waals surface area contributed by atoms with Crippen LogP contribution in [0.5, 0.6) is 0 Å². The number of nitrogens with one attached hydrogen (secondary N) is 1. The van der Waals surface area contributed by atoms with Crippen LogP contribution in [0.4, 0.5) is 0 Å². The topological polar surface area (TPSA) is 199 Å². The van der Waals surface area contributed by atoms with Crippen LogP contribution in [0.2, 0.25) is 0 Å². The van der Waals surface area contributed by atoms with Crippen molar-refractivity contribution in [1.29, 1.82) is 5.41 Å². The third kappa shape index (κ3) is 23.1. The van der Waals surface area contributed by atoms with Crippen LogP contribution >= 0.6 is 0 Å². The van der Waals surface area contributed by atoms with Crippen molar-refractivity contribution in [2.45, 2.75) is 192 Å². The minimum absolute atomic E-state index is 0.304. The van der Waals surface area contributed by atoms with Gasteiger partial charge in [0.25, 0.3) is 0 Å². The molecule has 2 saturated heterocycles. The summed E-state index contributed by atoms with van der Waals surface area (Å²) in [4.78, 5) is 5.13. The summed E-state index contributed by atoms with van der Waals surface area (Å²) in [7, 11) is 0. The van der Waals surface area contributed by atoms with Crippen LogP contribution in [-0.4, -0.2) is 120 Å². The van der Waals surface area contributed by atoms with E-state index in [1.165, 1.54) is 83.3 Å². The molecule has 6 rings (SSSR count). The summed E-state index contributed by atoms with van der Waals surface area (Å²) in [6.07, 6.45) is 19.5. The molecule has 0 bridgehead atoms. The van der Waals surface area contributed by atoms with Gasteiger partial charge in [-0.2, -0.15) is 0 Å². The van der Waals surface area contributed by atoms with E-state index < -0.39 is 61.3 Å².